The van der Waals surface area contributed by atoms with Crippen LogP contribution in [0.25, 0.3) is 10.9 Å². The van der Waals surface area contributed by atoms with Crippen molar-refractivity contribution in [3.05, 3.63) is 65.4 Å². The van der Waals surface area contributed by atoms with Crippen molar-refractivity contribution in [1.82, 2.24) is 14.8 Å². The van der Waals surface area contributed by atoms with Crippen LogP contribution in [-0.2, 0) is 16.0 Å². The minimum absolute atomic E-state index is 0.00305. The van der Waals surface area contributed by atoms with Crippen LogP contribution >= 0.6 is 0 Å². The molecule has 0 spiro atoms. The highest BCUT2D eigenvalue weighted by Crippen LogP contribution is 2.44. The maximum Gasteiger partial charge on any atom is 0.246 e. The van der Waals surface area contributed by atoms with Gasteiger partial charge in [0.2, 0.25) is 11.8 Å². The van der Waals surface area contributed by atoms with Crippen molar-refractivity contribution in [3.8, 4) is 5.75 Å². The highest BCUT2D eigenvalue weighted by atomic mass is 16.5. The molecule has 33 heavy (non-hydrogen) atoms. The number of fused-ring (bicyclic) bond motifs is 4. The molecule has 0 bridgehead atoms. The van der Waals surface area contributed by atoms with Crippen LogP contribution in [-0.4, -0.2) is 52.3 Å². The van der Waals surface area contributed by atoms with Crippen molar-refractivity contribution in [2.45, 2.75) is 51.6 Å². The number of benzene rings is 2. The molecule has 2 aliphatic heterocycles. The molecule has 0 radical (unpaired) electrons. The number of amides is 2. The van der Waals surface area contributed by atoms with Crippen molar-refractivity contribution < 1.29 is 14.3 Å². The Hall–Kier alpha value is -3.28. The first-order valence-electron chi connectivity index (χ1n) is 12.0. The van der Waals surface area contributed by atoms with Crippen LogP contribution in [0.1, 0.15) is 56.0 Å². The van der Waals surface area contributed by atoms with Gasteiger partial charge in [-0.15, -0.1) is 0 Å². The van der Waals surface area contributed by atoms with E-state index in [2.05, 4.69) is 24.0 Å². The Morgan fingerprint density at radius 2 is 1.82 bits per heavy atom. The maximum atomic E-state index is 13.6. The SMILES string of the molecule is CCCCCN1CC(=O)N2[C@H](c3ccccc3OCC)c3[nH]c4ccccc4c3C[C@H]2C1=O. The molecule has 1 saturated heterocycles. The van der Waals surface area contributed by atoms with Crippen LogP contribution in [0.15, 0.2) is 48.5 Å². The molecule has 6 heteroatoms. The molecule has 172 valence electrons. The van der Waals surface area contributed by atoms with E-state index in [1.54, 1.807) is 4.90 Å². The predicted octanol–water partition coefficient (Wildman–Crippen LogP) is 4.44. The minimum Gasteiger partial charge on any atom is -0.494 e. The molecule has 3 aromatic rings. The Bertz CT molecular complexity index is 1180. The number of H-pyrrole nitrogens is 1. The Balaban J connectivity index is 1.64. The Kier molecular flexibility index (Phi) is 5.83. The first-order valence-corrected chi connectivity index (χ1v) is 12.0. The number of piperazine rings is 1. The molecule has 1 aromatic heterocycles. The number of carbonyl (C=O) groups is 2. The zero-order valence-corrected chi connectivity index (χ0v) is 19.3. The van der Waals surface area contributed by atoms with Gasteiger partial charge in [-0.05, 0) is 31.0 Å². The summed E-state index contributed by atoms with van der Waals surface area (Å²) in [6.07, 6.45) is 3.60. The molecule has 2 aromatic carbocycles. The molecule has 3 heterocycles. The molecule has 1 N–H and O–H groups in total. The zero-order chi connectivity index (χ0) is 22.9. The van der Waals surface area contributed by atoms with E-state index >= 15 is 0 Å². The lowest BCUT2D eigenvalue weighted by Gasteiger charge is -2.47. The number of unbranched alkanes of at least 4 members (excludes halogenated alkanes) is 2. The molecule has 0 saturated carbocycles. The third kappa shape index (κ3) is 3.67. The fourth-order valence-corrected chi connectivity index (χ4v) is 5.38. The lowest BCUT2D eigenvalue weighted by Crippen LogP contribution is -2.63. The molecule has 2 aliphatic rings. The number of aromatic amines is 1. The van der Waals surface area contributed by atoms with Crippen LogP contribution in [0.4, 0.5) is 0 Å². The molecule has 2 atom stereocenters. The zero-order valence-electron chi connectivity index (χ0n) is 19.3. The van der Waals surface area contributed by atoms with Crippen molar-refractivity contribution in [3.63, 3.8) is 0 Å². The van der Waals surface area contributed by atoms with Crippen LogP contribution in [0.5, 0.6) is 5.75 Å². The number of rotatable bonds is 7. The van der Waals surface area contributed by atoms with Gasteiger partial charge in [0.15, 0.2) is 0 Å². The highest BCUT2D eigenvalue weighted by molar-refractivity contribution is 5.97. The van der Waals surface area contributed by atoms with Crippen LogP contribution in [0, 0.1) is 0 Å². The molecular weight excluding hydrogens is 414 g/mol. The summed E-state index contributed by atoms with van der Waals surface area (Å²) in [5, 5.41) is 1.12. The first kappa shape index (κ1) is 21.6. The van der Waals surface area contributed by atoms with Crippen molar-refractivity contribution in [2.24, 2.45) is 0 Å². The van der Waals surface area contributed by atoms with Crippen molar-refractivity contribution >= 4 is 22.7 Å². The van der Waals surface area contributed by atoms with Gasteiger partial charge in [-0.1, -0.05) is 56.2 Å². The molecule has 6 nitrogen and oxygen atoms in total. The second-order valence-electron chi connectivity index (χ2n) is 8.92. The first-order chi connectivity index (χ1) is 16.1. The van der Waals surface area contributed by atoms with Gasteiger partial charge < -0.3 is 19.5 Å². The summed E-state index contributed by atoms with van der Waals surface area (Å²) in [6.45, 7) is 5.42. The van der Waals surface area contributed by atoms with E-state index < -0.39 is 6.04 Å². The predicted molar refractivity (Wildman–Crippen MR) is 128 cm³/mol. The van der Waals surface area contributed by atoms with Crippen LogP contribution < -0.4 is 4.74 Å². The van der Waals surface area contributed by atoms with E-state index in [0.717, 1.165) is 52.7 Å². The Morgan fingerprint density at radius 3 is 2.64 bits per heavy atom. The van der Waals surface area contributed by atoms with Gasteiger partial charge in [0.05, 0.1) is 13.2 Å². The number of hydrogen-bond acceptors (Lipinski definition) is 3. The summed E-state index contributed by atoms with van der Waals surface area (Å²) in [4.78, 5) is 34.4. The van der Waals surface area contributed by atoms with E-state index in [9.17, 15) is 9.59 Å². The summed E-state index contributed by atoms with van der Waals surface area (Å²) >= 11 is 0. The van der Waals surface area contributed by atoms with Gasteiger partial charge in [0, 0.05) is 35.1 Å². The number of aromatic nitrogens is 1. The summed E-state index contributed by atoms with van der Waals surface area (Å²) in [5.41, 5.74) is 4.05. The van der Waals surface area contributed by atoms with E-state index in [0.29, 0.717) is 19.6 Å². The van der Waals surface area contributed by atoms with Gasteiger partial charge in [0.1, 0.15) is 17.8 Å². The normalized spacial score (nSPS) is 20.2. The maximum absolute atomic E-state index is 13.6. The van der Waals surface area contributed by atoms with E-state index in [1.165, 1.54) is 0 Å². The second-order valence-corrected chi connectivity index (χ2v) is 8.92. The fourth-order valence-electron chi connectivity index (χ4n) is 5.38. The van der Waals surface area contributed by atoms with Gasteiger partial charge >= 0.3 is 0 Å². The minimum atomic E-state index is -0.501. The summed E-state index contributed by atoms with van der Waals surface area (Å²) < 4.78 is 5.96. The smallest absolute Gasteiger partial charge is 0.246 e. The average molecular weight is 446 g/mol. The molecule has 1 fully saturated rings. The largest absolute Gasteiger partial charge is 0.494 e. The lowest BCUT2D eigenvalue weighted by molar-refractivity contribution is -0.158. The third-order valence-electron chi connectivity index (χ3n) is 6.89. The quantitative estimate of drug-likeness (QED) is 0.547. The Labute approximate surface area is 194 Å². The topological polar surface area (TPSA) is 65.6 Å². The van der Waals surface area contributed by atoms with E-state index in [1.807, 2.05) is 48.2 Å². The average Bonchev–Trinajstić information content (AvgIpc) is 3.20. The lowest BCUT2D eigenvalue weighted by atomic mass is 9.86. The molecule has 0 aliphatic carbocycles. The number of para-hydroxylation sites is 2. The van der Waals surface area contributed by atoms with E-state index in [4.69, 9.17) is 4.74 Å². The van der Waals surface area contributed by atoms with E-state index in [-0.39, 0.29) is 24.4 Å². The van der Waals surface area contributed by atoms with Crippen molar-refractivity contribution in [1.29, 1.82) is 0 Å². The monoisotopic (exact) mass is 445 g/mol. The fraction of sp³-hybridized carbons (Fsp3) is 0.407. The number of carbonyl (C=O) groups excluding carboxylic acids is 2. The molecule has 5 rings (SSSR count). The second kappa shape index (κ2) is 8.93. The Morgan fingerprint density at radius 1 is 1.03 bits per heavy atom. The van der Waals surface area contributed by atoms with Gasteiger partial charge in [0.25, 0.3) is 0 Å². The number of nitrogens with one attached hydrogen (secondary N) is 1. The molecule has 0 unspecified atom stereocenters. The summed E-state index contributed by atoms with van der Waals surface area (Å²) in [6, 6.07) is 15.2. The molecule has 2 amide bonds. The number of hydrogen-bond donors (Lipinski definition) is 1. The van der Waals surface area contributed by atoms with Gasteiger partial charge in [-0.25, -0.2) is 0 Å². The number of ether oxygens (including phenoxy) is 1. The summed E-state index contributed by atoms with van der Waals surface area (Å²) in [5.74, 6) is 0.804. The van der Waals surface area contributed by atoms with Crippen LogP contribution in [0.2, 0.25) is 0 Å². The summed E-state index contributed by atoms with van der Waals surface area (Å²) in [7, 11) is 0. The van der Waals surface area contributed by atoms with Crippen molar-refractivity contribution in [2.75, 3.05) is 19.7 Å². The third-order valence-corrected chi connectivity index (χ3v) is 6.89. The van der Waals surface area contributed by atoms with Crippen LogP contribution in [0.3, 0.4) is 0 Å². The molecular formula is C27H31N3O3. The highest BCUT2D eigenvalue weighted by Gasteiger charge is 2.48. The van der Waals surface area contributed by atoms with Gasteiger partial charge in [-0.2, -0.15) is 0 Å². The standard InChI is InChI=1S/C27H31N3O3/c1-3-5-10-15-29-17-24(31)30-22(27(29)32)16-20-18-11-6-8-13-21(18)28-25(20)26(30)19-12-7-9-14-23(19)33-4-2/h6-9,11-14,22,26,28H,3-5,10,15-17H2,1-2H3/t22-,26+/m0/s1. The number of nitrogens with zero attached hydrogens (tertiary/aromatic N) is 2. The van der Waals surface area contributed by atoms with Gasteiger partial charge in [-0.3, -0.25) is 9.59 Å².